The number of halogens is 1. The Labute approximate surface area is 167 Å². The lowest BCUT2D eigenvalue weighted by Crippen LogP contribution is -2.15. The highest BCUT2D eigenvalue weighted by Crippen LogP contribution is 2.27. The number of nitrogens with zero attached hydrogens (tertiary/aromatic N) is 3. The zero-order valence-corrected chi connectivity index (χ0v) is 15.9. The fourth-order valence-corrected chi connectivity index (χ4v) is 2.77. The average Bonchev–Trinajstić information content (AvgIpc) is 2.68. The van der Waals surface area contributed by atoms with Gasteiger partial charge in [0.25, 0.3) is 5.91 Å². The molecule has 0 aliphatic carbocycles. The number of nitrogens with one attached hydrogen (secondary N) is 2. The summed E-state index contributed by atoms with van der Waals surface area (Å²) in [6.07, 6.45) is 0. The van der Waals surface area contributed by atoms with Gasteiger partial charge in [0.2, 0.25) is 0 Å². The predicted octanol–water partition coefficient (Wildman–Crippen LogP) is 4.31. The Balaban J connectivity index is 1.83. The molecule has 0 atom stereocenters. The summed E-state index contributed by atoms with van der Waals surface area (Å²) in [6.45, 7) is 1.68. The van der Waals surface area contributed by atoms with Gasteiger partial charge in [-0.05, 0) is 37.3 Å². The Morgan fingerprint density at radius 3 is 2.68 bits per heavy atom. The average molecular weight is 394 g/mol. The van der Waals surface area contributed by atoms with E-state index in [0.717, 1.165) is 0 Å². The standard InChI is InChI=1S/C20H16ClN5O2/c1-12-23-17(20(27)25-14-7-8-18(28-2)15(21)9-14)10-19(24-12)26-16-6-4-3-5-13(16)11-22/h3-10H,1-2H3,(H,25,27)(H,23,24,26). The van der Waals surface area contributed by atoms with Crippen molar-refractivity contribution in [1.82, 2.24) is 9.97 Å². The second-order valence-corrected chi connectivity index (χ2v) is 6.18. The SMILES string of the molecule is COc1ccc(NC(=O)c2cc(Nc3ccccc3C#N)nc(C)n2)cc1Cl. The second-order valence-electron chi connectivity index (χ2n) is 5.77. The maximum atomic E-state index is 12.6. The van der Waals surface area contributed by atoms with E-state index in [0.29, 0.717) is 39.4 Å². The van der Waals surface area contributed by atoms with Crippen LogP contribution in [0.2, 0.25) is 5.02 Å². The van der Waals surface area contributed by atoms with Crippen molar-refractivity contribution in [3.8, 4) is 11.8 Å². The Kier molecular flexibility index (Phi) is 5.72. The van der Waals surface area contributed by atoms with E-state index in [2.05, 4.69) is 26.7 Å². The zero-order valence-electron chi connectivity index (χ0n) is 15.2. The van der Waals surface area contributed by atoms with Gasteiger partial charge in [-0.3, -0.25) is 4.79 Å². The smallest absolute Gasteiger partial charge is 0.274 e. The minimum atomic E-state index is -0.414. The zero-order chi connectivity index (χ0) is 20.1. The third-order valence-corrected chi connectivity index (χ3v) is 4.09. The molecule has 0 aliphatic rings. The summed E-state index contributed by atoms with van der Waals surface area (Å²) in [5.74, 6) is 0.925. The molecule has 1 aromatic heterocycles. The van der Waals surface area contributed by atoms with E-state index < -0.39 is 5.91 Å². The maximum Gasteiger partial charge on any atom is 0.274 e. The van der Waals surface area contributed by atoms with E-state index in [-0.39, 0.29) is 5.69 Å². The van der Waals surface area contributed by atoms with E-state index in [1.165, 1.54) is 13.2 Å². The van der Waals surface area contributed by atoms with Crippen LogP contribution in [-0.4, -0.2) is 23.0 Å². The van der Waals surface area contributed by atoms with Crippen molar-refractivity contribution in [2.45, 2.75) is 6.92 Å². The lowest BCUT2D eigenvalue weighted by atomic mass is 10.2. The van der Waals surface area contributed by atoms with E-state index in [9.17, 15) is 10.1 Å². The summed E-state index contributed by atoms with van der Waals surface area (Å²) in [6, 6.07) is 15.6. The number of methoxy groups -OCH3 is 1. The molecule has 2 aromatic carbocycles. The van der Waals surface area contributed by atoms with Crippen LogP contribution in [0, 0.1) is 18.3 Å². The lowest BCUT2D eigenvalue weighted by molar-refractivity contribution is 0.102. The van der Waals surface area contributed by atoms with Gasteiger partial charge in [0.05, 0.1) is 23.4 Å². The minimum absolute atomic E-state index is 0.177. The Morgan fingerprint density at radius 1 is 1.18 bits per heavy atom. The first-order valence-electron chi connectivity index (χ1n) is 8.27. The first-order valence-corrected chi connectivity index (χ1v) is 8.64. The van der Waals surface area contributed by atoms with Crippen LogP contribution in [0.1, 0.15) is 21.9 Å². The third kappa shape index (κ3) is 4.37. The van der Waals surface area contributed by atoms with Gasteiger partial charge in [0, 0.05) is 11.8 Å². The number of nitriles is 1. The molecule has 0 aliphatic heterocycles. The molecule has 8 heteroatoms. The number of hydrogen-bond acceptors (Lipinski definition) is 6. The predicted molar refractivity (Wildman–Crippen MR) is 107 cm³/mol. The number of rotatable bonds is 5. The molecule has 140 valence electrons. The van der Waals surface area contributed by atoms with Crippen LogP contribution in [0.4, 0.5) is 17.2 Å². The molecule has 3 aromatic rings. The highest BCUT2D eigenvalue weighted by molar-refractivity contribution is 6.32. The largest absolute Gasteiger partial charge is 0.495 e. The normalized spacial score (nSPS) is 10.1. The van der Waals surface area contributed by atoms with E-state index >= 15 is 0 Å². The summed E-state index contributed by atoms with van der Waals surface area (Å²) in [5.41, 5.74) is 1.75. The molecular formula is C20H16ClN5O2. The van der Waals surface area contributed by atoms with Gasteiger partial charge in [-0.15, -0.1) is 0 Å². The molecule has 0 unspecified atom stereocenters. The molecule has 0 saturated heterocycles. The quantitative estimate of drug-likeness (QED) is 0.669. The molecule has 0 fully saturated rings. The lowest BCUT2D eigenvalue weighted by Gasteiger charge is -2.11. The number of para-hydroxylation sites is 1. The molecule has 28 heavy (non-hydrogen) atoms. The highest BCUT2D eigenvalue weighted by atomic mass is 35.5. The van der Waals surface area contributed by atoms with Gasteiger partial charge in [0.1, 0.15) is 29.2 Å². The number of hydrogen-bond donors (Lipinski definition) is 2. The number of carbonyl (C=O) groups excluding carboxylic acids is 1. The summed E-state index contributed by atoms with van der Waals surface area (Å²) in [5, 5.41) is 15.4. The first-order chi connectivity index (χ1) is 13.5. The van der Waals surface area contributed by atoms with Crippen molar-refractivity contribution in [1.29, 1.82) is 5.26 Å². The van der Waals surface area contributed by atoms with Gasteiger partial charge < -0.3 is 15.4 Å². The maximum absolute atomic E-state index is 12.6. The van der Waals surface area contributed by atoms with Crippen molar-refractivity contribution >= 4 is 34.7 Å². The number of anilines is 3. The Hall–Kier alpha value is -3.63. The number of aryl methyl sites for hydroxylation is 1. The molecular weight excluding hydrogens is 378 g/mol. The molecule has 0 spiro atoms. The Bertz CT molecular complexity index is 1080. The molecule has 3 rings (SSSR count). The van der Waals surface area contributed by atoms with Crippen molar-refractivity contribution in [2.24, 2.45) is 0 Å². The fourth-order valence-electron chi connectivity index (χ4n) is 2.51. The van der Waals surface area contributed by atoms with Crippen LogP contribution in [0.25, 0.3) is 0 Å². The minimum Gasteiger partial charge on any atom is -0.495 e. The Morgan fingerprint density at radius 2 is 1.96 bits per heavy atom. The monoisotopic (exact) mass is 393 g/mol. The van der Waals surface area contributed by atoms with E-state index in [1.807, 2.05) is 0 Å². The molecule has 0 saturated carbocycles. The number of benzene rings is 2. The van der Waals surface area contributed by atoms with Crippen LogP contribution in [0.3, 0.4) is 0 Å². The summed E-state index contributed by atoms with van der Waals surface area (Å²) < 4.78 is 5.10. The molecule has 1 amide bonds. The molecule has 0 radical (unpaired) electrons. The van der Waals surface area contributed by atoms with Crippen LogP contribution >= 0.6 is 11.6 Å². The summed E-state index contributed by atoms with van der Waals surface area (Å²) in [4.78, 5) is 21.1. The van der Waals surface area contributed by atoms with E-state index in [4.69, 9.17) is 16.3 Å². The van der Waals surface area contributed by atoms with Crippen molar-refractivity contribution < 1.29 is 9.53 Å². The first kappa shape index (κ1) is 19.1. The third-order valence-electron chi connectivity index (χ3n) is 3.79. The molecule has 7 nitrogen and oxygen atoms in total. The molecule has 0 bridgehead atoms. The van der Waals surface area contributed by atoms with Crippen molar-refractivity contribution in [3.63, 3.8) is 0 Å². The van der Waals surface area contributed by atoms with Gasteiger partial charge >= 0.3 is 0 Å². The van der Waals surface area contributed by atoms with Crippen molar-refractivity contribution in [2.75, 3.05) is 17.7 Å². The fraction of sp³-hybridized carbons (Fsp3) is 0.100. The number of carbonyl (C=O) groups is 1. The van der Waals surface area contributed by atoms with Crippen molar-refractivity contribution in [3.05, 3.63) is 70.6 Å². The van der Waals surface area contributed by atoms with Gasteiger partial charge in [0.15, 0.2) is 0 Å². The summed E-state index contributed by atoms with van der Waals surface area (Å²) in [7, 11) is 1.52. The molecule has 2 N–H and O–H groups in total. The van der Waals surface area contributed by atoms with Crippen LogP contribution in [0.5, 0.6) is 5.75 Å². The second kappa shape index (κ2) is 8.37. The highest BCUT2D eigenvalue weighted by Gasteiger charge is 2.13. The van der Waals surface area contributed by atoms with Crippen LogP contribution in [0.15, 0.2) is 48.5 Å². The van der Waals surface area contributed by atoms with E-state index in [1.54, 1.807) is 49.4 Å². The topological polar surface area (TPSA) is 99.9 Å². The molecule has 1 heterocycles. The summed E-state index contributed by atoms with van der Waals surface area (Å²) >= 11 is 6.09. The number of aromatic nitrogens is 2. The number of ether oxygens (including phenoxy) is 1. The van der Waals surface area contributed by atoms with Gasteiger partial charge in [-0.25, -0.2) is 9.97 Å². The van der Waals surface area contributed by atoms with Gasteiger partial charge in [-0.2, -0.15) is 5.26 Å². The van der Waals surface area contributed by atoms with Crippen LogP contribution in [-0.2, 0) is 0 Å². The number of amides is 1. The van der Waals surface area contributed by atoms with Gasteiger partial charge in [-0.1, -0.05) is 23.7 Å². The van der Waals surface area contributed by atoms with Crippen LogP contribution < -0.4 is 15.4 Å².